The smallest absolute Gasteiger partial charge is 0.269 e. The zero-order valence-corrected chi connectivity index (χ0v) is 13.3. The number of anilines is 4. The summed E-state index contributed by atoms with van der Waals surface area (Å²) in [6, 6.07) is 12.7. The number of nitrogens with zero attached hydrogens (tertiary/aromatic N) is 6. The fraction of sp³-hybridized carbons (Fsp3) is 0. The number of hydrogen-bond acceptors (Lipinski definition) is 10. The van der Waals surface area contributed by atoms with Crippen LogP contribution in [-0.4, -0.2) is 19.9 Å². The van der Waals surface area contributed by atoms with E-state index in [9.17, 15) is 10.1 Å². The first-order chi connectivity index (χ1) is 12.5. The van der Waals surface area contributed by atoms with Gasteiger partial charge in [-0.3, -0.25) is 10.1 Å². The number of rotatable bonds is 5. The van der Waals surface area contributed by atoms with Crippen LogP contribution in [0.5, 0.6) is 0 Å². The summed E-state index contributed by atoms with van der Waals surface area (Å²) in [4.78, 5) is 21.7. The molecule has 0 amide bonds. The van der Waals surface area contributed by atoms with Crippen molar-refractivity contribution in [2.45, 2.75) is 0 Å². The minimum atomic E-state index is -0.472. The molecule has 1 aromatic heterocycles. The lowest BCUT2D eigenvalue weighted by atomic mass is 10.3. The maximum absolute atomic E-state index is 10.6. The Morgan fingerprint density at radius 3 is 1.85 bits per heavy atom. The van der Waals surface area contributed by atoms with Gasteiger partial charge in [-0.1, -0.05) is 0 Å². The molecule has 1 heterocycles. The first-order valence-corrected chi connectivity index (χ1v) is 7.30. The molecule has 2 aromatic carbocycles. The van der Waals surface area contributed by atoms with E-state index in [0.29, 0.717) is 17.1 Å². The maximum atomic E-state index is 10.6. The van der Waals surface area contributed by atoms with Gasteiger partial charge in [0.05, 0.1) is 16.3 Å². The number of nitrogens with two attached hydrogens (primary N) is 2. The second-order valence-electron chi connectivity index (χ2n) is 5.02. The predicted molar refractivity (Wildman–Crippen MR) is 95.6 cm³/mol. The van der Waals surface area contributed by atoms with Gasteiger partial charge < -0.3 is 16.8 Å². The van der Waals surface area contributed by atoms with E-state index in [2.05, 4.69) is 30.5 Å². The second-order valence-corrected chi connectivity index (χ2v) is 5.02. The van der Waals surface area contributed by atoms with E-state index in [0.717, 1.165) is 0 Å². The number of nitrogen functional groups attached to an aromatic ring is 2. The molecule has 5 N–H and O–H groups in total. The Balaban J connectivity index is 1.68. The molecule has 26 heavy (non-hydrogen) atoms. The SMILES string of the molecule is Nc1nc(N)nc(Nc2ccc(N=Nc3ccc([N+](=O)[O-])cc3)cc2)n1. The van der Waals surface area contributed by atoms with Gasteiger partial charge in [0, 0.05) is 17.8 Å². The summed E-state index contributed by atoms with van der Waals surface area (Å²) < 4.78 is 0. The van der Waals surface area contributed by atoms with Crippen LogP contribution in [0.25, 0.3) is 0 Å². The van der Waals surface area contributed by atoms with E-state index in [-0.39, 0.29) is 23.5 Å². The van der Waals surface area contributed by atoms with Gasteiger partial charge in [-0.2, -0.15) is 25.2 Å². The van der Waals surface area contributed by atoms with Crippen LogP contribution >= 0.6 is 0 Å². The van der Waals surface area contributed by atoms with Crippen molar-refractivity contribution in [3.8, 4) is 0 Å². The normalized spacial score (nSPS) is 10.8. The predicted octanol–water partition coefficient (Wildman–Crippen LogP) is 3.10. The van der Waals surface area contributed by atoms with Gasteiger partial charge in [0.1, 0.15) is 0 Å². The fourth-order valence-electron chi connectivity index (χ4n) is 1.96. The monoisotopic (exact) mass is 351 g/mol. The van der Waals surface area contributed by atoms with Crippen molar-refractivity contribution in [3.05, 3.63) is 58.6 Å². The molecule has 130 valence electrons. The zero-order valence-electron chi connectivity index (χ0n) is 13.3. The highest BCUT2D eigenvalue weighted by Gasteiger charge is 2.04. The van der Waals surface area contributed by atoms with Gasteiger partial charge in [0.25, 0.3) is 5.69 Å². The maximum Gasteiger partial charge on any atom is 0.269 e. The average Bonchev–Trinajstić information content (AvgIpc) is 2.60. The Kier molecular flexibility index (Phi) is 4.60. The lowest BCUT2D eigenvalue weighted by molar-refractivity contribution is -0.384. The van der Waals surface area contributed by atoms with Crippen LogP contribution in [0, 0.1) is 10.1 Å². The minimum Gasteiger partial charge on any atom is -0.368 e. The lowest BCUT2D eigenvalue weighted by Crippen LogP contribution is -2.06. The molecule has 0 aliphatic heterocycles. The van der Waals surface area contributed by atoms with Crippen molar-refractivity contribution < 1.29 is 4.92 Å². The minimum absolute atomic E-state index is 0.000943. The van der Waals surface area contributed by atoms with Gasteiger partial charge in [0.2, 0.25) is 17.8 Å². The van der Waals surface area contributed by atoms with Gasteiger partial charge in [-0.25, -0.2) is 0 Å². The Hall–Kier alpha value is -4.15. The first-order valence-electron chi connectivity index (χ1n) is 7.30. The molecule has 0 bridgehead atoms. The standard InChI is InChI=1S/C15H13N9O2/c16-13-19-14(17)21-15(20-13)18-9-1-3-10(4-2-9)22-23-11-5-7-12(8-6-11)24(25)26/h1-8H,(H5,16,17,18,19,20,21). The number of non-ortho nitro benzene ring substituents is 1. The molecule has 0 saturated carbocycles. The van der Waals surface area contributed by atoms with E-state index in [1.165, 1.54) is 24.3 Å². The summed E-state index contributed by atoms with van der Waals surface area (Å²) in [6.07, 6.45) is 0. The van der Waals surface area contributed by atoms with Crippen molar-refractivity contribution in [2.75, 3.05) is 16.8 Å². The molecule has 0 atom stereocenters. The van der Waals surface area contributed by atoms with Crippen molar-refractivity contribution in [2.24, 2.45) is 10.2 Å². The number of nitro groups is 1. The topological polar surface area (TPSA) is 171 Å². The molecule has 0 saturated heterocycles. The fourth-order valence-corrected chi connectivity index (χ4v) is 1.96. The molecule has 11 heteroatoms. The van der Waals surface area contributed by atoms with E-state index < -0.39 is 4.92 Å². The Labute approximate surface area is 147 Å². The molecular weight excluding hydrogens is 338 g/mol. The van der Waals surface area contributed by atoms with Crippen molar-refractivity contribution in [1.29, 1.82) is 0 Å². The summed E-state index contributed by atoms with van der Waals surface area (Å²) in [5, 5.41) is 21.7. The van der Waals surface area contributed by atoms with Crippen molar-refractivity contribution >= 4 is 40.6 Å². The highest BCUT2D eigenvalue weighted by Crippen LogP contribution is 2.23. The number of nitro benzene ring substituents is 1. The number of aromatic nitrogens is 3. The summed E-state index contributed by atoms with van der Waals surface area (Å²) in [6.45, 7) is 0. The third kappa shape index (κ3) is 4.23. The van der Waals surface area contributed by atoms with Gasteiger partial charge >= 0.3 is 0 Å². The molecule has 0 spiro atoms. The number of benzene rings is 2. The molecule has 0 fully saturated rings. The van der Waals surface area contributed by atoms with Crippen LogP contribution in [0.2, 0.25) is 0 Å². The number of hydrogen-bond donors (Lipinski definition) is 3. The van der Waals surface area contributed by atoms with Gasteiger partial charge in [-0.15, -0.1) is 0 Å². The number of azo groups is 1. The number of nitrogens with one attached hydrogen (secondary N) is 1. The molecule has 0 aliphatic carbocycles. The van der Waals surface area contributed by atoms with Crippen LogP contribution in [0.4, 0.5) is 40.6 Å². The van der Waals surface area contributed by atoms with E-state index in [1.54, 1.807) is 24.3 Å². The second kappa shape index (κ2) is 7.17. The van der Waals surface area contributed by atoms with E-state index in [1.807, 2.05) is 0 Å². The molecule has 0 aliphatic rings. The van der Waals surface area contributed by atoms with Crippen molar-refractivity contribution in [1.82, 2.24) is 15.0 Å². The van der Waals surface area contributed by atoms with Crippen molar-refractivity contribution in [3.63, 3.8) is 0 Å². The van der Waals surface area contributed by atoms with Crippen LogP contribution in [-0.2, 0) is 0 Å². The van der Waals surface area contributed by atoms with Crippen LogP contribution in [0.3, 0.4) is 0 Å². The third-order valence-electron chi connectivity index (χ3n) is 3.13. The molecule has 0 unspecified atom stereocenters. The first kappa shape index (κ1) is 16.7. The average molecular weight is 351 g/mol. The highest BCUT2D eigenvalue weighted by molar-refractivity contribution is 5.58. The third-order valence-corrected chi connectivity index (χ3v) is 3.13. The van der Waals surface area contributed by atoms with E-state index in [4.69, 9.17) is 11.5 Å². The quantitative estimate of drug-likeness (QED) is 0.357. The van der Waals surface area contributed by atoms with E-state index >= 15 is 0 Å². The Morgan fingerprint density at radius 2 is 1.35 bits per heavy atom. The largest absolute Gasteiger partial charge is 0.368 e. The van der Waals surface area contributed by atoms with Crippen LogP contribution in [0.15, 0.2) is 58.8 Å². The summed E-state index contributed by atoms with van der Waals surface area (Å²) in [5.41, 5.74) is 12.8. The summed E-state index contributed by atoms with van der Waals surface area (Å²) >= 11 is 0. The Morgan fingerprint density at radius 1 is 0.846 bits per heavy atom. The summed E-state index contributed by atoms with van der Waals surface area (Å²) in [7, 11) is 0. The molecule has 0 radical (unpaired) electrons. The van der Waals surface area contributed by atoms with Crippen LogP contribution in [0.1, 0.15) is 0 Å². The summed E-state index contributed by atoms with van der Waals surface area (Å²) in [5.74, 6) is 0.275. The molecule has 3 rings (SSSR count). The highest BCUT2D eigenvalue weighted by atomic mass is 16.6. The molecular formula is C15H13N9O2. The van der Waals surface area contributed by atoms with Crippen LogP contribution < -0.4 is 16.8 Å². The van der Waals surface area contributed by atoms with Gasteiger partial charge in [-0.05, 0) is 36.4 Å². The molecule has 11 nitrogen and oxygen atoms in total. The Bertz CT molecular complexity index is 936. The molecule has 3 aromatic rings. The zero-order chi connectivity index (χ0) is 18.5. The lowest BCUT2D eigenvalue weighted by Gasteiger charge is -2.05. The van der Waals surface area contributed by atoms with Gasteiger partial charge in [0.15, 0.2) is 0 Å².